The maximum absolute atomic E-state index is 6.04. The van der Waals surface area contributed by atoms with Gasteiger partial charge in [0, 0.05) is 22.7 Å². The lowest BCUT2D eigenvalue weighted by Crippen LogP contribution is -2.25. The van der Waals surface area contributed by atoms with Gasteiger partial charge in [-0.25, -0.2) is 0 Å². The molecular weight excluding hydrogens is 318 g/mol. The van der Waals surface area contributed by atoms with Crippen molar-refractivity contribution in [2.45, 2.75) is 26.4 Å². The van der Waals surface area contributed by atoms with Crippen molar-refractivity contribution in [2.24, 2.45) is 0 Å². The third kappa shape index (κ3) is 2.85. The van der Waals surface area contributed by atoms with Gasteiger partial charge >= 0.3 is 0 Å². The average Bonchev–Trinajstić information content (AvgIpc) is 2.97. The van der Waals surface area contributed by atoms with Crippen molar-refractivity contribution in [3.05, 3.63) is 75.9 Å². The van der Waals surface area contributed by atoms with Crippen molar-refractivity contribution < 1.29 is 0 Å². The van der Waals surface area contributed by atoms with Crippen LogP contribution in [0, 0.1) is 6.92 Å². The van der Waals surface area contributed by atoms with Gasteiger partial charge in [0.25, 0.3) is 0 Å². The monoisotopic (exact) mass is 337 g/mol. The quantitative estimate of drug-likeness (QED) is 0.776. The summed E-state index contributed by atoms with van der Waals surface area (Å²) in [6.45, 7) is 4.85. The fourth-order valence-corrected chi connectivity index (χ4v) is 3.46. The first-order chi connectivity index (χ1) is 11.7. The van der Waals surface area contributed by atoms with Gasteiger partial charge in [-0.2, -0.15) is 5.10 Å². The minimum Gasteiger partial charge on any atom is -0.311 e. The van der Waals surface area contributed by atoms with E-state index in [0.717, 1.165) is 42.3 Å². The van der Waals surface area contributed by atoms with Crippen molar-refractivity contribution in [1.82, 2.24) is 15.1 Å². The van der Waals surface area contributed by atoms with Crippen LogP contribution in [0.3, 0.4) is 0 Å². The fourth-order valence-electron chi connectivity index (χ4n) is 3.33. The summed E-state index contributed by atoms with van der Waals surface area (Å²) in [5, 5.41) is 9.19. The summed E-state index contributed by atoms with van der Waals surface area (Å²) in [6, 6.07) is 16.5. The number of nitrogens with zero attached hydrogens (tertiary/aromatic N) is 2. The van der Waals surface area contributed by atoms with Crippen LogP contribution in [-0.4, -0.2) is 16.3 Å². The van der Waals surface area contributed by atoms with Crippen LogP contribution in [-0.2, 0) is 19.5 Å². The molecule has 24 heavy (non-hydrogen) atoms. The molecule has 4 heteroatoms. The predicted molar refractivity (Wildman–Crippen MR) is 98.4 cm³/mol. The number of aryl methyl sites for hydroxylation is 1. The lowest BCUT2D eigenvalue weighted by Gasteiger charge is -2.16. The van der Waals surface area contributed by atoms with E-state index in [1.165, 1.54) is 22.4 Å². The summed E-state index contributed by atoms with van der Waals surface area (Å²) in [4.78, 5) is 0. The second-order valence-corrected chi connectivity index (χ2v) is 6.73. The van der Waals surface area contributed by atoms with E-state index in [1.807, 2.05) is 12.1 Å². The summed E-state index contributed by atoms with van der Waals surface area (Å²) >= 11 is 6.04. The van der Waals surface area contributed by atoms with E-state index in [-0.39, 0.29) is 0 Å². The zero-order valence-corrected chi connectivity index (χ0v) is 14.5. The van der Waals surface area contributed by atoms with Gasteiger partial charge in [-0.15, -0.1) is 0 Å². The zero-order valence-electron chi connectivity index (χ0n) is 13.7. The van der Waals surface area contributed by atoms with Gasteiger partial charge in [-0.1, -0.05) is 48.0 Å². The average molecular weight is 338 g/mol. The van der Waals surface area contributed by atoms with Crippen molar-refractivity contribution in [3.8, 4) is 11.3 Å². The Morgan fingerprint density at radius 3 is 2.71 bits per heavy atom. The van der Waals surface area contributed by atoms with Gasteiger partial charge in [0.15, 0.2) is 0 Å². The maximum atomic E-state index is 6.04. The Balaban J connectivity index is 1.78. The molecule has 4 rings (SSSR count). The zero-order chi connectivity index (χ0) is 16.5. The normalized spacial score (nSPS) is 13.8. The van der Waals surface area contributed by atoms with Crippen LogP contribution in [0.4, 0.5) is 0 Å². The first-order valence-electron chi connectivity index (χ1n) is 8.32. The number of hydrogen-bond donors (Lipinski definition) is 1. The topological polar surface area (TPSA) is 29.9 Å². The van der Waals surface area contributed by atoms with Crippen LogP contribution >= 0.6 is 11.6 Å². The molecule has 0 spiro atoms. The second kappa shape index (κ2) is 6.42. The molecule has 122 valence electrons. The molecule has 0 saturated heterocycles. The van der Waals surface area contributed by atoms with Gasteiger partial charge in [0.2, 0.25) is 0 Å². The molecule has 1 aliphatic rings. The standard InChI is InChI=1S/C20H20ClN3/c1-14-4-2-3-5-16(14)13-24-19-12-22-11-10-18(19)20(23-24)15-6-8-17(21)9-7-15/h2-9,22H,10-13H2,1H3. The Labute approximate surface area is 147 Å². The molecule has 0 bridgehead atoms. The number of fused-ring (bicyclic) bond motifs is 1. The lowest BCUT2D eigenvalue weighted by molar-refractivity contribution is 0.570. The first-order valence-corrected chi connectivity index (χ1v) is 8.70. The molecule has 3 nitrogen and oxygen atoms in total. The summed E-state index contributed by atoms with van der Waals surface area (Å²) in [5.41, 5.74) is 7.52. The van der Waals surface area contributed by atoms with Crippen molar-refractivity contribution in [3.63, 3.8) is 0 Å². The lowest BCUT2D eigenvalue weighted by atomic mass is 10.0. The summed E-state index contributed by atoms with van der Waals surface area (Å²) in [5.74, 6) is 0. The smallest absolute Gasteiger partial charge is 0.0959 e. The number of nitrogens with one attached hydrogen (secondary N) is 1. The summed E-state index contributed by atoms with van der Waals surface area (Å²) in [6.07, 6.45) is 1.01. The van der Waals surface area contributed by atoms with E-state index in [0.29, 0.717) is 0 Å². The van der Waals surface area contributed by atoms with Gasteiger partial charge < -0.3 is 5.32 Å². The maximum Gasteiger partial charge on any atom is 0.0959 e. The van der Waals surface area contributed by atoms with Crippen molar-refractivity contribution >= 4 is 11.6 Å². The molecule has 0 fully saturated rings. The van der Waals surface area contributed by atoms with E-state index in [4.69, 9.17) is 16.7 Å². The van der Waals surface area contributed by atoms with Gasteiger partial charge in [-0.3, -0.25) is 4.68 Å². The van der Waals surface area contributed by atoms with Crippen molar-refractivity contribution in [2.75, 3.05) is 6.54 Å². The van der Waals surface area contributed by atoms with Crippen LogP contribution in [0.2, 0.25) is 5.02 Å². The third-order valence-corrected chi connectivity index (χ3v) is 4.96. The van der Waals surface area contributed by atoms with Gasteiger partial charge in [-0.05, 0) is 43.1 Å². The Morgan fingerprint density at radius 1 is 1.12 bits per heavy atom. The Morgan fingerprint density at radius 2 is 1.92 bits per heavy atom. The molecule has 0 radical (unpaired) electrons. The van der Waals surface area contributed by atoms with Crippen molar-refractivity contribution in [1.29, 1.82) is 0 Å². The molecule has 0 amide bonds. The number of benzene rings is 2. The highest BCUT2D eigenvalue weighted by atomic mass is 35.5. The number of rotatable bonds is 3. The first kappa shape index (κ1) is 15.4. The minimum absolute atomic E-state index is 0.758. The number of aromatic nitrogens is 2. The van der Waals surface area contributed by atoms with E-state index in [2.05, 4.69) is 53.3 Å². The molecule has 1 aromatic heterocycles. The SMILES string of the molecule is Cc1ccccc1Cn1nc(-c2ccc(Cl)cc2)c2c1CNCC2. The Hall–Kier alpha value is -2.10. The molecule has 1 aliphatic heterocycles. The summed E-state index contributed by atoms with van der Waals surface area (Å²) < 4.78 is 2.16. The van der Waals surface area contributed by atoms with E-state index in [9.17, 15) is 0 Å². The van der Waals surface area contributed by atoms with E-state index >= 15 is 0 Å². The Kier molecular flexibility index (Phi) is 4.13. The molecular formula is C20H20ClN3. The number of halogens is 1. The highest BCUT2D eigenvalue weighted by Gasteiger charge is 2.21. The highest BCUT2D eigenvalue weighted by Crippen LogP contribution is 2.29. The number of hydrogen-bond acceptors (Lipinski definition) is 2. The van der Waals surface area contributed by atoms with Gasteiger partial charge in [0.05, 0.1) is 17.9 Å². The van der Waals surface area contributed by atoms with E-state index < -0.39 is 0 Å². The molecule has 2 aromatic carbocycles. The minimum atomic E-state index is 0.758. The fraction of sp³-hybridized carbons (Fsp3) is 0.250. The molecule has 0 aliphatic carbocycles. The van der Waals surface area contributed by atoms with Crippen LogP contribution < -0.4 is 5.32 Å². The molecule has 3 aromatic rings. The molecule has 1 N–H and O–H groups in total. The van der Waals surface area contributed by atoms with Crippen LogP contribution in [0.1, 0.15) is 22.4 Å². The molecule has 0 unspecified atom stereocenters. The third-order valence-electron chi connectivity index (χ3n) is 4.71. The molecule has 0 atom stereocenters. The molecule has 2 heterocycles. The highest BCUT2D eigenvalue weighted by molar-refractivity contribution is 6.30. The van der Waals surface area contributed by atoms with E-state index in [1.54, 1.807) is 0 Å². The summed E-state index contributed by atoms with van der Waals surface area (Å²) in [7, 11) is 0. The Bertz CT molecular complexity index is 865. The van der Waals surface area contributed by atoms with Crippen LogP contribution in [0.15, 0.2) is 48.5 Å². The predicted octanol–water partition coefficient (Wildman–Crippen LogP) is 4.21. The van der Waals surface area contributed by atoms with Gasteiger partial charge in [0.1, 0.15) is 0 Å². The largest absolute Gasteiger partial charge is 0.311 e. The van der Waals surface area contributed by atoms with Crippen LogP contribution in [0.25, 0.3) is 11.3 Å². The van der Waals surface area contributed by atoms with Crippen LogP contribution in [0.5, 0.6) is 0 Å². The molecule has 0 saturated carbocycles. The second-order valence-electron chi connectivity index (χ2n) is 6.29.